The molecule has 0 unspecified atom stereocenters. The molecule has 1 amide bonds. The summed E-state index contributed by atoms with van der Waals surface area (Å²) in [5.41, 5.74) is 1.19. The smallest absolute Gasteiger partial charge is 0.340 e. The highest BCUT2D eigenvalue weighted by Gasteiger charge is 2.18. The van der Waals surface area contributed by atoms with E-state index in [9.17, 15) is 18.0 Å². The molecule has 0 spiro atoms. The maximum Gasteiger partial charge on any atom is 0.340 e. The van der Waals surface area contributed by atoms with Crippen LogP contribution in [0, 0.1) is 0 Å². The van der Waals surface area contributed by atoms with Gasteiger partial charge in [-0.2, -0.15) is 0 Å². The predicted octanol–water partition coefficient (Wildman–Crippen LogP) is 1.77. The van der Waals surface area contributed by atoms with Gasteiger partial charge in [-0.1, -0.05) is 18.2 Å². The number of carbonyl (C=O) groups excluding carboxylic acids is 2. The normalized spacial score (nSPS) is 11.1. The van der Waals surface area contributed by atoms with E-state index in [2.05, 4.69) is 10.6 Å². The summed E-state index contributed by atoms with van der Waals surface area (Å²) in [7, 11) is 0.899. The molecule has 2 aromatic rings. The molecule has 0 bridgehead atoms. The topological polar surface area (TPSA) is 105 Å². The number of rotatable bonds is 7. The summed E-state index contributed by atoms with van der Waals surface area (Å²) in [6.07, 6.45) is 0. The zero-order valence-electron chi connectivity index (χ0n) is 15.2. The Hall–Kier alpha value is -2.91. The second kappa shape index (κ2) is 8.65. The third-order valence-corrected chi connectivity index (χ3v) is 5.46. The highest BCUT2D eigenvalue weighted by molar-refractivity contribution is 7.89. The molecule has 0 fully saturated rings. The molecule has 2 N–H and O–H groups in total. The Labute approximate surface area is 158 Å². The van der Waals surface area contributed by atoms with Gasteiger partial charge in [-0.05, 0) is 30.3 Å². The Morgan fingerprint density at radius 1 is 1.07 bits per heavy atom. The van der Waals surface area contributed by atoms with Gasteiger partial charge in [0.05, 0.1) is 10.5 Å². The summed E-state index contributed by atoms with van der Waals surface area (Å²) >= 11 is 0. The van der Waals surface area contributed by atoms with Crippen molar-refractivity contribution in [3.05, 3.63) is 54.1 Å². The summed E-state index contributed by atoms with van der Waals surface area (Å²) in [5, 5.41) is 5.39. The number of ether oxygens (including phenoxy) is 1. The Kier molecular flexibility index (Phi) is 6.54. The molecule has 9 heteroatoms. The molecule has 0 aliphatic heterocycles. The van der Waals surface area contributed by atoms with Gasteiger partial charge < -0.3 is 15.4 Å². The van der Waals surface area contributed by atoms with Crippen LogP contribution >= 0.6 is 0 Å². The fraction of sp³-hybridized carbons (Fsp3) is 0.222. The molecule has 0 heterocycles. The Morgan fingerprint density at radius 3 is 2.44 bits per heavy atom. The SMILES string of the molecule is CNc1ccccc1C(=O)OCC(=O)Nc1cccc(S(=O)(=O)N(C)C)c1. The van der Waals surface area contributed by atoms with Crippen molar-refractivity contribution < 1.29 is 22.7 Å². The number of hydrogen-bond acceptors (Lipinski definition) is 6. The van der Waals surface area contributed by atoms with Crippen LogP contribution in [0.4, 0.5) is 11.4 Å². The number of para-hydroxylation sites is 1. The van der Waals surface area contributed by atoms with Crippen molar-refractivity contribution >= 4 is 33.3 Å². The molecule has 8 nitrogen and oxygen atoms in total. The number of hydrogen-bond donors (Lipinski definition) is 2. The molecular weight excluding hydrogens is 370 g/mol. The van der Waals surface area contributed by atoms with Gasteiger partial charge in [0.15, 0.2) is 6.61 Å². The van der Waals surface area contributed by atoms with Crippen LogP contribution in [0.2, 0.25) is 0 Å². The first-order valence-corrected chi connectivity index (χ1v) is 9.46. The van der Waals surface area contributed by atoms with E-state index in [0.717, 1.165) is 4.31 Å². The monoisotopic (exact) mass is 391 g/mol. The van der Waals surface area contributed by atoms with Crippen LogP contribution in [0.3, 0.4) is 0 Å². The molecule has 0 aliphatic carbocycles. The highest BCUT2D eigenvalue weighted by Crippen LogP contribution is 2.18. The number of benzene rings is 2. The minimum absolute atomic E-state index is 0.0465. The quantitative estimate of drug-likeness (QED) is 0.697. The fourth-order valence-electron chi connectivity index (χ4n) is 2.23. The molecule has 2 rings (SSSR count). The number of carbonyl (C=O) groups is 2. The van der Waals surface area contributed by atoms with E-state index in [1.807, 2.05) is 0 Å². The van der Waals surface area contributed by atoms with E-state index in [0.29, 0.717) is 11.3 Å². The first-order valence-electron chi connectivity index (χ1n) is 8.02. The number of nitrogens with zero attached hydrogens (tertiary/aromatic N) is 1. The van der Waals surface area contributed by atoms with Gasteiger partial charge in [0.1, 0.15) is 0 Å². The lowest BCUT2D eigenvalue weighted by molar-refractivity contribution is -0.119. The fourth-order valence-corrected chi connectivity index (χ4v) is 3.18. The Bertz CT molecular complexity index is 942. The van der Waals surface area contributed by atoms with Gasteiger partial charge in [-0.25, -0.2) is 17.5 Å². The zero-order chi connectivity index (χ0) is 20.0. The Morgan fingerprint density at radius 2 is 1.78 bits per heavy atom. The zero-order valence-corrected chi connectivity index (χ0v) is 16.0. The van der Waals surface area contributed by atoms with Gasteiger partial charge in [0.2, 0.25) is 10.0 Å². The van der Waals surface area contributed by atoms with E-state index in [-0.39, 0.29) is 10.6 Å². The van der Waals surface area contributed by atoms with Gasteiger partial charge >= 0.3 is 5.97 Å². The van der Waals surface area contributed by atoms with Crippen LogP contribution in [0.1, 0.15) is 10.4 Å². The second-order valence-corrected chi connectivity index (χ2v) is 7.89. The number of amides is 1. The molecule has 0 saturated carbocycles. The van der Waals surface area contributed by atoms with Crippen LogP contribution in [0.5, 0.6) is 0 Å². The summed E-state index contributed by atoms with van der Waals surface area (Å²) in [6.45, 7) is -0.498. The third kappa shape index (κ3) is 5.05. The van der Waals surface area contributed by atoms with Crippen LogP contribution in [0.25, 0.3) is 0 Å². The van der Waals surface area contributed by atoms with E-state index < -0.39 is 28.5 Å². The summed E-state index contributed by atoms with van der Waals surface area (Å²) < 4.78 is 30.4. The standard InChI is InChI=1S/C18H21N3O5S/c1-19-16-10-5-4-9-15(16)18(23)26-12-17(22)20-13-7-6-8-14(11-13)27(24,25)21(2)3/h4-11,19H,12H2,1-3H3,(H,20,22). The minimum Gasteiger partial charge on any atom is -0.452 e. The maximum absolute atomic E-state index is 12.1. The van der Waals surface area contributed by atoms with Crippen LogP contribution in [-0.4, -0.2) is 52.3 Å². The molecule has 0 atom stereocenters. The number of anilines is 2. The summed E-state index contributed by atoms with van der Waals surface area (Å²) in [5.74, 6) is -1.22. The van der Waals surface area contributed by atoms with Crippen molar-refractivity contribution in [2.24, 2.45) is 0 Å². The van der Waals surface area contributed by atoms with E-state index in [1.54, 1.807) is 37.4 Å². The molecule has 2 aromatic carbocycles. The lowest BCUT2D eigenvalue weighted by Crippen LogP contribution is -2.23. The average Bonchev–Trinajstić information content (AvgIpc) is 2.66. The van der Waals surface area contributed by atoms with Gasteiger partial charge in [0, 0.05) is 32.5 Å². The first-order chi connectivity index (χ1) is 12.8. The van der Waals surface area contributed by atoms with E-state index >= 15 is 0 Å². The highest BCUT2D eigenvalue weighted by atomic mass is 32.2. The molecule has 0 radical (unpaired) electrons. The van der Waals surface area contributed by atoms with Gasteiger partial charge in [-0.15, -0.1) is 0 Å². The lowest BCUT2D eigenvalue weighted by atomic mass is 10.2. The predicted molar refractivity (Wildman–Crippen MR) is 102 cm³/mol. The molecule has 0 aromatic heterocycles. The van der Waals surface area contributed by atoms with Gasteiger partial charge in [-0.3, -0.25) is 4.79 Å². The van der Waals surface area contributed by atoms with Gasteiger partial charge in [0.25, 0.3) is 5.91 Å². The Balaban J connectivity index is 2.01. The maximum atomic E-state index is 12.1. The largest absolute Gasteiger partial charge is 0.452 e. The van der Waals surface area contributed by atoms with Crippen molar-refractivity contribution in [2.75, 3.05) is 38.4 Å². The van der Waals surface area contributed by atoms with Crippen LogP contribution in [0.15, 0.2) is 53.4 Å². The van der Waals surface area contributed by atoms with Crippen LogP contribution < -0.4 is 10.6 Å². The van der Waals surface area contributed by atoms with Crippen molar-refractivity contribution in [3.63, 3.8) is 0 Å². The number of esters is 1. The molecular formula is C18H21N3O5S. The van der Waals surface area contributed by atoms with Crippen molar-refractivity contribution in [1.29, 1.82) is 0 Å². The van der Waals surface area contributed by atoms with E-state index in [1.165, 1.54) is 32.3 Å². The summed E-state index contributed by atoms with van der Waals surface area (Å²) in [4.78, 5) is 24.2. The number of nitrogens with one attached hydrogen (secondary N) is 2. The van der Waals surface area contributed by atoms with Crippen molar-refractivity contribution in [2.45, 2.75) is 4.90 Å². The van der Waals surface area contributed by atoms with Crippen LogP contribution in [-0.2, 0) is 19.6 Å². The van der Waals surface area contributed by atoms with E-state index in [4.69, 9.17) is 4.74 Å². The first kappa shape index (κ1) is 20.4. The molecule has 144 valence electrons. The van der Waals surface area contributed by atoms with Crippen molar-refractivity contribution in [3.8, 4) is 0 Å². The second-order valence-electron chi connectivity index (χ2n) is 5.74. The summed E-state index contributed by atoms with van der Waals surface area (Å²) in [6, 6.07) is 12.6. The molecule has 0 aliphatic rings. The molecule has 27 heavy (non-hydrogen) atoms. The minimum atomic E-state index is -3.61. The lowest BCUT2D eigenvalue weighted by Gasteiger charge is -2.13. The average molecular weight is 391 g/mol. The van der Waals surface area contributed by atoms with Crippen molar-refractivity contribution in [1.82, 2.24) is 4.31 Å². The molecule has 0 saturated heterocycles. The third-order valence-electron chi connectivity index (χ3n) is 3.65. The number of sulfonamides is 1.